The molecule has 122 valence electrons. The molecule has 1 aromatic heterocycles. The highest BCUT2D eigenvalue weighted by Gasteiger charge is 2.55. The molecule has 23 heavy (non-hydrogen) atoms. The van der Waals surface area contributed by atoms with Gasteiger partial charge >= 0.3 is 5.97 Å². The fraction of sp³-hybridized carbons (Fsp3) is 0.400. The Morgan fingerprint density at radius 1 is 1.30 bits per heavy atom. The fourth-order valence-corrected chi connectivity index (χ4v) is 5.67. The molecule has 2 bridgehead atoms. The van der Waals surface area contributed by atoms with Crippen molar-refractivity contribution in [3.05, 3.63) is 30.1 Å². The Morgan fingerprint density at radius 3 is 2.78 bits per heavy atom. The van der Waals surface area contributed by atoms with E-state index in [9.17, 15) is 22.7 Å². The Kier molecular flexibility index (Phi) is 3.05. The molecule has 3 unspecified atom stereocenters. The number of hydrogen-bond donors (Lipinski definition) is 1. The lowest BCUT2D eigenvalue weighted by Gasteiger charge is -2.20. The van der Waals surface area contributed by atoms with Gasteiger partial charge in [0, 0.05) is 23.5 Å². The summed E-state index contributed by atoms with van der Waals surface area (Å²) in [5, 5.41) is 9.35. The lowest BCUT2D eigenvalue weighted by Crippen LogP contribution is -2.37. The second-order valence-corrected chi connectivity index (χ2v) is 7.84. The first-order valence-corrected chi connectivity index (χ1v) is 8.77. The van der Waals surface area contributed by atoms with E-state index in [1.54, 1.807) is 0 Å². The number of hydrogen-bond acceptors (Lipinski definition) is 4. The van der Waals surface area contributed by atoms with Crippen molar-refractivity contribution in [2.75, 3.05) is 0 Å². The number of sulfonamides is 1. The van der Waals surface area contributed by atoms with Crippen LogP contribution in [-0.4, -0.2) is 35.9 Å². The molecule has 0 aliphatic carbocycles. The van der Waals surface area contributed by atoms with Crippen LogP contribution in [0, 0.1) is 11.7 Å². The van der Waals surface area contributed by atoms with E-state index in [4.69, 9.17) is 4.42 Å². The zero-order chi connectivity index (χ0) is 16.4. The SMILES string of the molecule is O=C(O)C1CC2CCC1N2S(=O)(=O)c1cc2cc(F)ccc2o1. The van der Waals surface area contributed by atoms with Crippen molar-refractivity contribution < 1.29 is 27.1 Å². The molecule has 0 saturated carbocycles. The molecule has 0 spiro atoms. The van der Waals surface area contributed by atoms with Gasteiger partial charge in [0.2, 0.25) is 5.09 Å². The summed E-state index contributed by atoms with van der Waals surface area (Å²) in [5.74, 6) is -2.12. The lowest BCUT2D eigenvalue weighted by atomic mass is 9.89. The Morgan fingerprint density at radius 2 is 2.09 bits per heavy atom. The summed E-state index contributed by atoms with van der Waals surface area (Å²) in [6.45, 7) is 0. The number of rotatable bonds is 3. The summed E-state index contributed by atoms with van der Waals surface area (Å²) in [7, 11) is -3.93. The van der Waals surface area contributed by atoms with Gasteiger partial charge in [0.15, 0.2) is 0 Å². The van der Waals surface area contributed by atoms with Gasteiger partial charge in [0.1, 0.15) is 11.4 Å². The first kappa shape index (κ1) is 14.6. The van der Waals surface area contributed by atoms with Gasteiger partial charge < -0.3 is 9.52 Å². The number of halogens is 1. The topological polar surface area (TPSA) is 87.8 Å². The number of nitrogens with zero attached hydrogens (tertiary/aromatic N) is 1. The summed E-state index contributed by atoms with van der Waals surface area (Å²) in [6, 6.07) is 4.23. The fourth-order valence-electron chi connectivity index (χ4n) is 3.80. The normalized spacial score (nSPS) is 27.8. The van der Waals surface area contributed by atoms with E-state index in [-0.39, 0.29) is 16.7 Å². The Labute approximate surface area is 131 Å². The molecule has 2 saturated heterocycles. The van der Waals surface area contributed by atoms with Crippen LogP contribution in [0.1, 0.15) is 19.3 Å². The number of benzene rings is 1. The van der Waals surface area contributed by atoms with Crippen LogP contribution in [0.5, 0.6) is 0 Å². The highest BCUT2D eigenvalue weighted by molar-refractivity contribution is 7.89. The minimum absolute atomic E-state index is 0.263. The average Bonchev–Trinajstić information content (AvgIpc) is 3.18. The van der Waals surface area contributed by atoms with Crippen LogP contribution in [0.15, 0.2) is 33.8 Å². The van der Waals surface area contributed by atoms with Crippen molar-refractivity contribution in [1.82, 2.24) is 4.31 Å². The molecule has 2 aliphatic rings. The summed E-state index contributed by atoms with van der Waals surface area (Å²) in [6.07, 6.45) is 1.52. The van der Waals surface area contributed by atoms with E-state index in [1.165, 1.54) is 28.6 Å². The zero-order valence-corrected chi connectivity index (χ0v) is 12.8. The second-order valence-electron chi connectivity index (χ2n) is 6.06. The molecular weight excluding hydrogens is 325 g/mol. The molecule has 2 aromatic rings. The van der Waals surface area contributed by atoms with Crippen LogP contribution in [0.4, 0.5) is 4.39 Å². The Balaban J connectivity index is 1.76. The van der Waals surface area contributed by atoms with Gasteiger partial charge in [-0.05, 0) is 37.5 Å². The molecular formula is C15H14FNO5S. The highest BCUT2D eigenvalue weighted by Crippen LogP contribution is 2.45. The van der Waals surface area contributed by atoms with E-state index in [1.807, 2.05) is 0 Å². The summed E-state index contributed by atoms with van der Waals surface area (Å²) in [5.41, 5.74) is 0.284. The molecule has 1 aromatic carbocycles. The maximum Gasteiger partial charge on any atom is 0.308 e. The van der Waals surface area contributed by atoms with Gasteiger partial charge in [-0.3, -0.25) is 4.79 Å². The second kappa shape index (κ2) is 4.78. The van der Waals surface area contributed by atoms with Crippen LogP contribution in [-0.2, 0) is 14.8 Å². The Hall–Kier alpha value is -1.93. The molecule has 6 nitrogen and oxygen atoms in total. The van der Waals surface area contributed by atoms with Crippen LogP contribution < -0.4 is 0 Å². The molecule has 0 amide bonds. The summed E-state index contributed by atoms with van der Waals surface area (Å²) in [4.78, 5) is 11.3. The standard InChI is InChI=1S/C15H14FNO5S/c16-9-1-4-13-8(5-9)6-14(22-13)23(20,21)17-10-2-3-12(17)11(7-10)15(18)19/h1,4-6,10-12H,2-3,7H2,(H,18,19). The van der Waals surface area contributed by atoms with Crippen molar-refractivity contribution in [1.29, 1.82) is 0 Å². The van der Waals surface area contributed by atoms with Gasteiger partial charge in [-0.2, -0.15) is 4.31 Å². The highest BCUT2D eigenvalue weighted by atomic mass is 32.2. The third-order valence-electron chi connectivity index (χ3n) is 4.78. The zero-order valence-electron chi connectivity index (χ0n) is 12.0. The van der Waals surface area contributed by atoms with Crippen molar-refractivity contribution >= 4 is 27.0 Å². The minimum Gasteiger partial charge on any atom is -0.481 e. The molecule has 3 heterocycles. The maximum atomic E-state index is 13.3. The molecule has 3 atom stereocenters. The third-order valence-corrected chi connectivity index (χ3v) is 6.61. The first-order chi connectivity index (χ1) is 10.9. The van der Waals surface area contributed by atoms with E-state index in [0.29, 0.717) is 24.6 Å². The molecule has 4 rings (SSSR count). The molecule has 8 heteroatoms. The molecule has 1 N–H and O–H groups in total. The smallest absolute Gasteiger partial charge is 0.308 e. The third kappa shape index (κ3) is 2.08. The van der Waals surface area contributed by atoms with Crippen molar-refractivity contribution in [3.8, 4) is 0 Å². The van der Waals surface area contributed by atoms with Gasteiger partial charge in [0.25, 0.3) is 10.0 Å². The lowest BCUT2D eigenvalue weighted by molar-refractivity contribution is -0.142. The number of fused-ring (bicyclic) bond motifs is 3. The number of carbonyl (C=O) groups is 1. The number of carboxylic acids is 1. The number of furan rings is 1. The average molecular weight is 339 g/mol. The van der Waals surface area contributed by atoms with E-state index < -0.39 is 33.8 Å². The predicted molar refractivity (Wildman–Crippen MR) is 77.7 cm³/mol. The van der Waals surface area contributed by atoms with Crippen LogP contribution in [0.25, 0.3) is 11.0 Å². The summed E-state index contributed by atoms with van der Waals surface area (Å²) < 4.78 is 45.6. The van der Waals surface area contributed by atoms with E-state index in [2.05, 4.69) is 0 Å². The number of carboxylic acid groups (broad SMARTS) is 1. The quantitative estimate of drug-likeness (QED) is 0.926. The van der Waals surface area contributed by atoms with E-state index >= 15 is 0 Å². The molecule has 2 fully saturated rings. The van der Waals surface area contributed by atoms with Crippen molar-refractivity contribution in [2.45, 2.75) is 36.4 Å². The number of aliphatic carboxylic acids is 1. The van der Waals surface area contributed by atoms with Gasteiger partial charge in [0.05, 0.1) is 5.92 Å². The summed E-state index contributed by atoms with van der Waals surface area (Å²) >= 11 is 0. The van der Waals surface area contributed by atoms with Gasteiger partial charge in [-0.1, -0.05) is 0 Å². The minimum atomic E-state index is -3.93. The maximum absolute atomic E-state index is 13.3. The largest absolute Gasteiger partial charge is 0.481 e. The van der Waals surface area contributed by atoms with Crippen LogP contribution >= 0.6 is 0 Å². The van der Waals surface area contributed by atoms with E-state index in [0.717, 1.165) is 0 Å². The van der Waals surface area contributed by atoms with Crippen molar-refractivity contribution in [3.63, 3.8) is 0 Å². The van der Waals surface area contributed by atoms with Crippen LogP contribution in [0.3, 0.4) is 0 Å². The predicted octanol–water partition coefficient (Wildman–Crippen LogP) is 2.20. The Bertz CT molecular complexity index is 906. The molecule has 0 radical (unpaired) electrons. The van der Waals surface area contributed by atoms with Gasteiger partial charge in [-0.25, -0.2) is 12.8 Å². The first-order valence-electron chi connectivity index (χ1n) is 7.33. The van der Waals surface area contributed by atoms with Crippen LogP contribution in [0.2, 0.25) is 0 Å². The van der Waals surface area contributed by atoms with Gasteiger partial charge in [-0.15, -0.1) is 0 Å². The van der Waals surface area contributed by atoms with Crippen molar-refractivity contribution in [2.24, 2.45) is 5.92 Å². The molecule has 2 aliphatic heterocycles. The monoisotopic (exact) mass is 339 g/mol.